The van der Waals surface area contributed by atoms with Crippen molar-refractivity contribution in [1.29, 1.82) is 0 Å². The van der Waals surface area contributed by atoms with Crippen molar-refractivity contribution in [2.45, 2.75) is 6.42 Å². The second-order valence-corrected chi connectivity index (χ2v) is 4.51. The number of carbonyl (C=O) groups excluding carboxylic acids is 1. The van der Waals surface area contributed by atoms with Gasteiger partial charge in [0.2, 0.25) is 0 Å². The Hall–Kier alpha value is -2.55. The molecule has 3 heteroatoms. The van der Waals surface area contributed by atoms with E-state index in [0.29, 0.717) is 6.61 Å². The lowest BCUT2D eigenvalue weighted by molar-refractivity contribution is -0.137. The fourth-order valence-corrected chi connectivity index (χ4v) is 1.84. The van der Waals surface area contributed by atoms with Crippen molar-refractivity contribution in [3.63, 3.8) is 0 Å². The van der Waals surface area contributed by atoms with E-state index in [2.05, 4.69) is 0 Å². The molecule has 0 aromatic heterocycles. The summed E-state index contributed by atoms with van der Waals surface area (Å²) in [4.78, 5) is 11.6. The van der Waals surface area contributed by atoms with Crippen molar-refractivity contribution in [2.24, 2.45) is 0 Å². The summed E-state index contributed by atoms with van der Waals surface area (Å²) in [6.45, 7) is 0.385. The van der Waals surface area contributed by atoms with Crippen LogP contribution in [0.3, 0.4) is 0 Å². The maximum Gasteiger partial charge on any atom is 0.330 e. The molecular formula is C18H18O3. The van der Waals surface area contributed by atoms with E-state index < -0.39 is 0 Å². The molecule has 0 amide bonds. The number of methoxy groups -OCH3 is 1. The summed E-state index contributed by atoms with van der Waals surface area (Å²) in [5.41, 5.74) is 2.08. The molecule has 0 saturated carbocycles. The third-order valence-electron chi connectivity index (χ3n) is 3.01. The molecule has 0 spiro atoms. The van der Waals surface area contributed by atoms with Gasteiger partial charge in [0.15, 0.2) is 0 Å². The molecule has 0 unspecified atom stereocenters. The highest BCUT2D eigenvalue weighted by molar-refractivity contribution is 5.87. The number of carbonyl (C=O) groups is 1. The van der Waals surface area contributed by atoms with Gasteiger partial charge in [0.25, 0.3) is 0 Å². The van der Waals surface area contributed by atoms with Crippen LogP contribution in [0.15, 0.2) is 60.7 Å². The number of rotatable bonds is 6. The van der Waals surface area contributed by atoms with Gasteiger partial charge < -0.3 is 9.47 Å². The Morgan fingerprint density at radius 3 is 2.43 bits per heavy atom. The van der Waals surface area contributed by atoms with Crippen molar-refractivity contribution >= 4 is 12.0 Å². The van der Waals surface area contributed by atoms with Gasteiger partial charge in [-0.25, -0.2) is 4.79 Å². The molecule has 108 valence electrons. The van der Waals surface area contributed by atoms with Gasteiger partial charge in [0.05, 0.1) is 13.7 Å². The first kappa shape index (κ1) is 14.9. The molecule has 0 bridgehead atoms. The monoisotopic (exact) mass is 282 g/mol. The fourth-order valence-electron chi connectivity index (χ4n) is 1.84. The van der Waals surface area contributed by atoms with E-state index in [1.54, 1.807) is 13.2 Å². The van der Waals surface area contributed by atoms with Gasteiger partial charge in [-0.1, -0.05) is 42.5 Å². The van der Waals surface area contributed by atoms with Crippen molar-refractivity contribution in [3.8, 4) is 5.75 Å². The summed E-state index contributed by atoms with van der Waals surface area (Å²) < 4.78 is 10.2. The highest BCUT2D eigenvalue weighted by Crippen LogP contribution is 2.12. The van der Waals surface area contributed by atoms with E-state index in [1.807, 2.05) is 54.6 Å². The quantitative estimate of drug-likeness (QED) is 0.601. The van der Waals surface area contributed by atoms with Crippen molar-refractivity contribution in [2.75, 3.05) is 13.7 Å². The molecule has 3 nitrogen and oxygen atoms in total. The zero-order chi connectivity index (χ0) is 14.9. The predicted molar refractivity (Wildman–Crippen MR) is 83.1 cm³/mol. The van der Waals surface area contributed by atoms with Crippen LogP contribution in [0.5, 0.6) is 5.75 Å². The molecule has 0 aliphatic carbocycles. The van der Waals surface area contributed by atoms with Crippen LogP contribution in [-0.2, 0) is 16.0 Å². The Bertz CT molecular complexity index is 586. The van der Waals surface area contributed by atoms with Crippen LogP contribution in [-0.4, -0.2) is 19.7 Å². The first-order chi connectivity index (χ1) is 10.3. The van der Waals surface area contributed by atoms with Crippen LogP contribution in [0.1, 0.15) is 11.1 Å². The van der Waals surface area contributed by atoms with Gasteiger partial charge in [-0.2, -0.15) is 0 Å². The number of esters is 1. The lowest BCUT2D eigenvalue weighted by atomic mass is 10.2. The maximum atomic E-state index is 11.6. The molecule has 0 aliphatic heterocycles. The third-order valence-corrected chi connectivity index (χ3v) is 3.01. The minimum absolute atomic E-state index is 0.332. The molecule has 0 saturated heterocycles. The van der Waals surface area contributed by atoms with Gasteiger partial charge >= 0.3 is 5.97 Å². The van der Waals surface area contributed by atoms with Gasteiger partial charge in [-0.3, -0.25) is 0 Å². The molecule has 2 aromatic rings. The standard InChI is InChI=1S/C18H18O3/c1-20-17-10-7-16(8-11-17)9-12-18(19)21-14-13-15-5-3-2-4-6-15/h2-12H,13-14H2,1H3. The largest absolute Gasteiger partial charge is 0.497 e. The van der Waals surface area contributed by atoms with Gasteiger partial charge in [-0.05, 0) is 29.3 Å². The first-order valence-electron chi connectivity index (χ1n) is 6.81. The highest BCUT2D eigenvalue weighted by Gasteiger charge is 1.98. The molecule has 0 N–H and O–H groups in total. The summed E-state index contributed by atoms with van der Waals surface area (Å²) in [5, 5.41) is 0. The summed E-state index contributed by atoms with van der Waals surface area (Å²) in [5.74, 6) is 0.458. The molecular weight excluding hydrogens is 264 g/mol. The molecule has 0 heterocycles. The molecule has 0 radical (unpaired) electrons. The minimum atomic E-state index is -0.332. The summed E-state index contributed by atoms with van der Waals surface area (Å²) >= 11 is 0. The van der Waals surface area contributed by atoms with E-state index in [9.17, 15) is 4.79 Å². The molecule has 0 aliphatic rings. The Morgan fingerprint density at radius 2 is 1.76 bits per heavy atom. The normalized spacial score (nSPS) is 10.5. The summed E-state index contributed by atoms with van der Waals surface area (Å²) in [6.07, 6.45) is 3.89. The van der Waals surface area contributed by atoms with Crippen LogP contribution in [0.4, 0.5) is 0 Å². The number of ether oxygens (including phenoxy) is 2. The zero-order valence-corrected chi connectivity index (χ0v) is 12.0. The second kappa shape index (κ2) is 7.90. The highest BCUT2D eigenvalue weighted by atomic mass is 16.5. The SMILES string of the molecule is COc1ccc(C=CC(=O)OCCc2ccccc2)cc1. The van der Waals surface area contributed by atoms with Crippen molar-refractivity contribution in [3.05, 3.63) is 71.8 Å². The summed E-state index contributed by atoms with van der Waals surface area (Å²) in [6, 6.07) is 17.4. The minimum Gasteiger partial charge on any atom is -0.497 e. The lowest BCUT2D eigenvalue weighted by Crippen LogP contribution is -2.04. The molecule has 0 fully saturated rings. The van der Waals surface area contributed by atoms with E-state index in [4.69, 9.17) is 9.47 Å². The Kier molecular flexibility index (Phi) is 5.59. The van der Waals surface area contributed by atoms with E-state index in [-0.39, 0.29) is 5.97 Å². The maximum absolute atomic E-state index is 11.6. The van der Waals surface area contributed by atoms with Crippen LogP contribution < -0.4 is 4.74 Å². The van der Waals surface area contributed by atoms with Crippen LogP contribution in [0.25, 0.3) is 6.08 Å². The molecule has 2 aromatic carbocycles. The van der Waals surface area contributed by atoms with Crippen molar-refractivity contribution in [1.82, 2.24) is 0 Å². The fraction of sp³-hybridized carbons (Fsp3) is 0.167. The van der Waals surface area contributed by atoms with Crippen LogP contribution in [0, 0.1) is 0 Å². The number of benzene rings is 2. The average molecular weight is 282 g/mol. The molecule has 2 rings (SSSR count). The number of hydrogen-bond acceptors (Lipinski definition) is 3. The molecule has 21 heavy (non-hydrogen) atoms. The second-order valence-electron chi connectivity index (χ2n) is 4.51. The Morgan fingerprint density at radius 1 is 1.05 bits per heavy atom. The first-order valence-corrected chi connectivity index (χ1v) is 6.81. The lowest BCUT2D eigenvalue weighted by Gasteiger charge is -2.02. The van der Waals surface area contributed by atoms with Gasteiger partial charge in [0, 0.05) is 12.5 Å². The Balaban J connectivity index is 1.77. The van der Waals surface area contributed by atoms with Crippen LogP contribution in [0.2, 0.25) is 0 Å². The number of hydrogen-bond donors (Lipinski definition) is 0. The average Bonchev–Trinajstić information content (AvgIpc) is 2.54. The molecule has 0 atom stereocenters. The zero-order valence-electron chi connectivity index (χ0n) is 12.0. The Labute approximate surface area is 124 Å². The van der Waals surface area contributed by atoms with Gasteiger partial charge in [-0.15, -0.1) is 0 Å². The van der Waals surface area contributed by atoms with E-state index in [0.717, 1.165) is 23.3 Å². The predicted octanol–water partition coefficient (Wildman–Crippen LogP) is 3.49. The van der Waals surface area contributed by atoms with Gasteiger partial charge in [0.1, 0.15) is 5.75 Å². The smallest absolute Gasteiger partial charge is 0.330 e. The topological polar surface area (TPSA) is 35.5 Å². The van der Waals surface area contributed by atoms with E-state index >= 15 is 0 Å². The van der Waals surface area contributed by atoms with E-state index in [1.165, 1.54) is 6.08 Å². The summed E-state index contributed by atoms with van der Waals surface area (Å²) in [7, 11) is 1.62. The van der Waals surface area contributed by atoms with Crippen molar-refractivity contribution < 1.29 is 14.3 Å². The third kappa shape index (κ3) is 5.15. The van der Waals surface area contributed by atoms with Crippen LogP contribution >= 0.6 is 0 Å².